The van der Waals surface area contributed by atoms with Gasteiger partial charge in [0.05, 0.1) is 6.10 Å². The first-order valence-corrected chi connectivity index (χ1v) is 9.12. The molecule has 20 heavy (non-hydrogen) atoms. The first-order chi connectivity index (χ1) is 9.68. The van der Waals surface area contributed by atoms with Crippen molar-refractivity contribution in [3.05, 3.63) is 0 Å². The lowest BCUT2D eigenvalue weighted by Gasteiger charge is -2.13. The van der Waals surface area contributed by atoms with E-state index in [1.54, 1.807) is 0 Å². The molecule has 2 nitrogen and oxygen atoms in total. The highest BCUT2D eigenvalue weighted by Crippen LogP contribution is 2.13. The highest BCUT2D eigenvalue weighted by atomic mass is 16.3. The van der Waals surface area contributed by atoms with E-state index in [4.69, 9.17) is 5.73 Å². The fourth-order valence-electron chi connectivity index (χ4n) is 2.63. The molecule has 0 rings (SSSR count). The molecule has 0 aliphatic carbocycles. The average molecular weight is 286 g/mol. The Kier molecular flexibility index (Phi) is 15.3. The van der Waals surface area contributed by atoms with Crippen LogP contribution in [0.5, 0.6) is 0 Å². The zero-order valence-electron chi connectivity index (χ0n) is 14.1. The van der Waals surface area contributed by atoms with E-state index in [0.717, 1.165) is 12.8 Å². The number of nitrogens with two attached hydrogens (primary N) is 1. The van der Waals surface area contributed by atoms with Crippen LogP contribution in [0.3, 0.4) is 0 Å². The van der Waals surface area contributed by atoms with Gasteiger partial charge in [-0.05, 0) is 13.3 Å². The quantitative estimate of drug-likeness (QED) is 0.407. The molecule has 0 aromatic carbocycles. The van der Waals surface area contributed by atoms with Crippen LogP contribution in [0.1, 0.15) is 104 Å². The van der Waals surface area contributed by atoms with Gasteiger partial charge in [-0.3, -0.25) is 0 Å². The van der Waals surface area contributed by atoms with Crippen LogP contribution in [-0.2, 0) is 0 Å². The number of rotatable bonds is 15. The summed E-state index contributed by atoms with van der Waals surface area (Å²) in [5.41, 5.74) is 5.63. The second-order valence-electron chi connectivity index (χ2n) is 6.46. The van der Waals surface area contributed by atoms with Gasteiger partial charge in [-0.1, -0.05) is 90.4 Å². The van der Waals surface area contributed by atoms with Crippen LogP contribution < -0.4 is 5.73 Å². The van der Waals surface area contributed by atoms with Crippen LogP contribution in [0.25, 0.3) is 0 Å². The van der Waals surface area contributed by atoms with Crippen LogP contribution in [0.4, 0.5) is 0 Å². The van der Waals surface area contributed by atoms with Gasteiger partial charge in [0.25, 0.3) is 0 Å². The van der Waals surface area contributed by atoms with E-state index in [1.165, 1.54) is 77.0 Å². The molecule has 0 heterocycles. The molecule has 0 bridgehead atoms. The van der Waals surface area contributed by atoms with Crippen LogP contribution in [0.2, 0.25) is 0 Å². The van der Waals surface area contributed by atoms with E-state index in [-0.39, 0.29) is 12.1 Å². The maximum atomic E-state index is 9.58. The van der Waals surface area contributed by atoms with E-state index in [1.807, 2.05) is 6.92 Å². The van der Waals surface area contributed by atoms with Crippen molar-refractivity contribution in [2.45, 2.75) is 116 Å². The highest BCUT2D eigenvalue weighted by molar-refractivity contribution is 4.65. The molecule has 2 atom stereocenters. The lowest BCUT2D eigenvalue weighted by Crippen LogP contribution is -2.31. The molecule has 0 aliphatic heterocycles. The van der Waals surface area contributed by atoms with Crippen LogP contribution >= 0.6 is 0 Å². The minimum Gasteiger partial charge on any atom is -0.392 e. The van der Waals surface area contributed by atoms with Crippen molar-refractivity contribution in [3.63, 3.8) is 0 Å². The Bertz CT molecular complexity index is 182. The fourth-order valence-corrected chi connectivity index (χ4v) is 2.63. The van der Waals surface area contributed by atoms with Crippen LogP contribution in [0, 0.1) is 0 Å². The second-order valence-corrected chi connectivity index (χ2v) is 6.46. The van der Waals surface area contributed by atoms with Gasteiger partial charge < -0.3 is 10.8 Å². The van der Waals surface area contributed by atoms with Crippen LogP contribution in [-0.4, -0.2) is 17.3 Å². The van der Waals surface area contributed by atoms with Crippen molar-refractivity contribution in [1.82, 2.24) is 0 Å². The monoisotopic (exact) mass is 285 g/mol. The van der Waals surface area contributed by atoms with Crippen molar-refractivity contribution in [3.8, 4) is 0 Å². The molecule has 0 saturated heterocycles. The maximum Gasteiger partial charge on any atom is 0.0688 e. The van der Waals surface area contributed by atoms with Gasteiger partial charge in [0.2, 0.25) is 0 Å². The van der Waals surface area contributed by atoms with Crippen molar-refractivity contribution in [2.24, 2.45) is 5.73 Å². The van der Waals surface area contributed by atoms with Gasteiger partial charge in [0.15, 0.2) is 0 Å². The number of unbranched alkanes of at least 4 members (excludes halogenated alkanes) is 12. The van der Waals surface area contributed by atoms with Gasteiger partial charge in [-0.2, -0.15) is 0 Å². The summed E-state index contributed by atoms with van der Waals surface area (Å²) in [5.74, 6) is 0. The molecule has 0 saturated carbocycles. The second kappa shape index (κ2) is 15.3. The molecule has 122 valence electrons. The Morgan fingerprint density at radius 3 is 1.40 bits per heavy atom. The SMILES string of the molecule is CCCCCCCCCCCCCCC[C@H](O)[C@@H](C)N. The Morgan fingerprint density at radius 1 is 0.700 bits per heavy atom. The maximum absolute atomic E-state index is 9.58. The number of aliphatic hydroxyl groups is 1. The third kappa shape index (κ3) is 14.3. The molecule has 0 aromatic rings. The number of hydrogen-bond acceptors (Lipinski definition) is 2. The van der Waals surface area contributed by atoms with Crippen molar-refractivity contribution in [2.75, 3.05) is 0 Å². The number of aliphatic hydroxyl groups excluding tert-OH is 1. The molecule has 0 aliphatic rings. The normalized spacial score (nSPS) is 14.4. The zero-order chi connectivity index (χ0) is 15.1. The molecule has 0 unspecified atom stereocenters. The summed E-state index contributed by atoms with van der Waals surface area (Å²) in [5, 5.41) is 9.58. The summed E-state index contributed by atoms with van der Waals surface area (Å²) >= 11 is 0. The average Bonchev–Trinajstić information content (AvgIpc) is 2.43. The topological polar surface area (TPSA) is 46.2 Å². The molecule has 3 N–H and O–H groups in total. The van der Waals surface area contributed by atoms with Gasteiger partial charge >= 0.3 is 0 Å². The lowest BCUT2D eigenvalue weighted by atomic mass is 10.0. The van der Waals surface area contributed by atoms with Crippen molar-refractivity contribution >= 4 is 0 Å². The molecule has 0 aromatic heterocycles. The summed E-state index contributed by atoms with van der Waals surface area (Å²) in [7, 11) is 0. The highest BCUT2D eigenvalue weighted by Gasteiger charge is 2.07. The summed E-state index contributed by atoms with van der Waals surface area (Å²) in [6, 6.07) is -0.0765. The molecular formula is C18H39NO. The molecular weight excluding hydrogens is 246 g/mol. The van der Waals surface area contributed by atoms with E-state index < -0.39 is 0 Å². The van der Waals surface area contributed by atoms with E-state index in [2.05, 4.69) is 6.92 Å². The molecule has 0 radical (unpaired) electrons. The third-order valence-corrected chi connectivity index (χ3v) is 4.21. The van der Waals surface area contributed by atoms with Gasteiger partial charge in [0.1, 0.15) is 0 Å². The lowest BCUT2D eigenvalue weighted by molar-refractivity contribution is 0.138. The minimum absolute atomic E-state index is 0.0765. The van der Waals surface area contributed by atoms with Crippen LogP contribution in [0.15, 0.2) is 0 Å². The smallest absolute Gasteiger partial charge is 0.0688 e. The van der Waals surface area contributed by atoms with Gasteiger partial charge in [0, 0.05) is 6.04 Å². The van der Waals surface area contributed by atoms with E-state index >= 15 is 0 Å². The largest absolute Gasteiger partial charge is 0.392 e. The number of hydrogen-bond donors (Lipinski definition) is 2. The Labute approximate surface area is 127 Å². The van der Waals surface area contributed by atoms with Gasteiger partial charge in [-0.25, -0.2) is 0 Å². The summed E-state index contributed by atoms with van der Waals surface area (Å²) in [4.78, 5) is 0. The van der Waals surface area contributed by atoms with E-state index in [9.17, 15) is 5.11 Å². The molecule has 2 heteroatoms. The molecule has 0 amide bonds. The van der Waals surface area contributed by atoms with E-state index in [0.29, 0.717) is 0 Å². The van der Waals surface area contributed by atoms with Crippen molar-refractivity contribution in [1.29, 1.82) is 0 Å². The predicted octanol–water partition coefficient (Wildman–Crippen LogP) is 5.18. The zero-order valence-corrected chi connectivity index (χ0v) is 14.1. The Hall–Kier alpha value is -0.0800. The molecule has 0 fully saturated rings. The molecule has 0 spiro atoms. The first-order valence-electron chi connectivity index (χ1n) is 9.12. The standard InChI is InChI=1S/C18H39NO/c1-3-4-5-6-7-8-9-10-11-12-13-14-15-16-18(20)17(2)19/h17-18,20H,3-16,19H2,1-2H3/t17-,18+/m1/s1. The fraction of sp³-hybridized carbons (Fsp3) is 1.00. The van der Waals surface area contributed by atoms with Gasteiger partial charge in [-0.15, -0.1) is 0 Å². The summed E-state index contributed by atoms with van der Waals surface area (Å²) < 4.78 is 0. The van der Waals surface area contributed by atoms with Crippen molar-refractivity contribution < 1.29 is 5.11 Å². The Balaban J connectivity index is 3.03. The first kappa shape index (κ1) is 19.9. The summed E-state index contributed by atoms with van der Waals surface area (Å²) in [6.07, 6.45) is 18.4. The Morgan fingerprint density at radius 2 is 1.05 bits per heavy atom. The third-order valence-electron chi connectivity index (χ3n) is 4.21. The minimum atomic E-state index is -0.303. The summed E-state index contributed by atoms with van der Waals surface area (Å²) in [6.45, 7) is 4.16. The predicted molar refractivity (Wildman–Crippen MR) is 90.0 cm³/mol.